The molecular formula is C58H51NO12. The molecular weight excluding hydrogens is 903 g/mol. The Labute approximate surface area is 411 Å². The summed E-state index contributed by atoms with van der Waals surface area (Å²) in [7, 11) is 0. The third-order valence-corrected chi connectivity index (χ3v) is 11.6. The van der Waals surface area contributed by atoms with Gasteiger partial charge in [0.2, 0.25) is 12.4 Å². The zero-order valence-electron chi connectivity index (χ0n) is 39.0. The second-order valence-electron chi connectivity index (χ2n) is 16.6. The van der Waals surface area contributed by atoms with Crippen molar-refractivity contribution in [2.75, 3.05) is 5.32 Å². The molecule has 7 aromatic rings. The first-order valence-electron chi connectivity index (χ1n) is 23.2. The lowest BCUT2D eigenvalue weighted by Crippen LogP contribution is -2.65. The van der Waals surface area contributed by atoms with Crippen molar-refractivity contribution < 1.29 is 57.1 Å². The van der Waals surface area contributed by atoms with Gasteiger partial charge in [0.05, 0.1) is 22.3 Å². The summed E-state index contributed by atoms with van der Waals surface area (Å²) in [5.41, 5.74) is 4.39. The van der Waals surface area contributed by atoms with Crippen LogP contribution in [-0.2, 0) is 47.9 Å². The Balaban J connectivity index is 1.23. The number of ether oxygens (including phenoxy) is 7. The van der Waals surface area contributed by atoms with Crippen molar-refractivity contribution in [2.45, 2.75) is 70.1 Å². The molecule has 0 aliphatic carbocycles. The third-order valence-electron chi connectivity index (χ3n) is 11.6. The van der Waals surface area contributed by atoms with E-state index in [1.807, 2.05) is 54.6 Å². The largest absolute Gasteiger partial charge is 0.460 e. The highest BCUT2D eigenvalue weighted by molar-refractivity contribution is 5.92. The number of nitrogens with one attached hydrogen (secondary N) is 1. The molecule has 8 rings (SSSR count). The SMILES string of the molecule is CCc1ccc(Cc2ccc(NC(=O)OCc3ccccc3)cc2O[C@@H]2O[C@H]([C@@H](C)OC(=O)c3ccccc3)[C@@H](OC(=O)c3ccccc3)[C@H](OC(=O)c3ccccc3)[C@H]2OC(=O)c2ccccc2)cc1. The molecule has 1 saturated heterocycles. The third kappa shape index (κ3) is 13.0. The van der Waals surface area contributed by atoms with Gasteiger partial charge in [0.25, 0.3) is 0 Å². The van der Waals surface area contributed by atoms with Crippen LogP contribution in [0.25, 0.3) is 0 Å². The molecule has 71 heavy (non-hydrogen) atoms. The maximum Gasteiger partial charge on any atom is 0.411 e. The summed E-state index contributed by atoms with van der Waals surface area (Å²) in [6, 6.07) is 54.9. The number of anilines is 1. The van der Waals surface area contributed by atoms with Crippen LogP contribution in [0.2, 0.25) is 0 Å². The van der Waals surface area contributed by atoms with Crippen molar-refractivity contribution in [2.24, 2.45) is 0 Å². The molecule has 1 aliphatic rings. The molecule has 13 heteroatoms. The minimum atomic E-state index is -1.68. The van der Waals surface area contributed by atoms with Gasteiger partial charge in [0.1, 0.15) is 24.6 Å². The van der Waals surface area contributed by atoms with E-state index in [0.29, 0.717) is 12.0 Å². The maximum absolute atomic E-state index is 14.3. The average Bonchev–Trinajstić information content (AvgIpc) is 3.41. The molecule has 1 N–H and O–H groups in total. The number of aryl methyl sites for hydroxylation is 1. The normalized spacial score (nSPS) is 17.6. The van der Waals surface area contributed by atoms with E-state index in [4.69, 9.17) is 33.2 Å². The molecule has 0 unspecified atom stereocenters. The second kappa shape index (κ2) is 23.6. The zero-order chi connectivity index (χ0) is 49.5. The summed E-state index contributed by atoms with van der Waals surface area (Å²) < 4.78 is 44.1. The van der Waals surface area contributed by atoms with Crippen molar-refractivity contribution in [3.05, 3.63) is 239 Å². The molecule has 1 fully saturated rings. The number of rotatable bonds is 17. The molecule has 360 valence electrons. The van der Waals surface area contributed by atoms with Crippen LogP contribution in [0, 0.1) is 0 Å². The van der Waals surface area contributed by atoms with Gasteiger partial charge in [-0.15, -0.1) is 0 Å². The zero-order valence-corrected chi connectivity index (χ0v) is 39.0. The fraction of sp³-hybridized carbons (Fsp3) is 0.190. The molecule has 0 radical (unpaired) electrons. The molecule has 0 bridgehead atoms. The van der Waals surface area contributed by atoms with E-state index in [1.165, 1.54) is 19.1 Å². The standard InChI is InChI=1S/C58H51NO12/c1-3-39-29-31-40(32-30-39)35-46-33-34-47(59-58(64)65-37-41-19-9-4-10-20-41)36-48(46)67-57-52(70-56(63)45-27-17-8-18-28-45)51(69-55(62)44-25-15-7-16-26-44)50(68-54(61)43-23-13-6-14-24-43)49(71-57)38(2)66-53(60)42-21-11-5-12-22-42/h4-34,36,38,49-52,57H,3,35,37H2,1-2H3,(H,59,64)/t38-,49-,50-,51+,52-,57-/m1/s1. The van der Waals surface area contributed by atoms with Gasteiger partial charge in [-0.1, -0.05) is 140 Å². The highest BCUT2D eigenvalue weighted by atomic mass is 16.7. The highest BCUT2D eigenvalue weighted by Gasteiger charge is 2.56. The van der Waals surface area contributed by atoms with Gasteiger partial charge < -0.3 is 33.2 Å². The van der Waals surface area contributed by atoms with Crippen molar-refractivity contribution in [1.29, 1.82) is 0 Å². The lowest BCUT2D eigenvalue weighted by molar-refractivity contribution is -0.284. The van der Waals surface area contributed by atoms with Crippen LogP contribution in [-0.4, -0.2) is 66.8 Å². The number of hydrogen-bond donors (Lipinski definition) is 1. The van der Waals surface area contributed by atoms with Gasteiger partial charge in [0.15, 0.2) is 12.2 Å². The minimum absolute atomic E-state index is 0.0137. The van der Waals surface area contributed by atoms with E-state index in [1.54, 1.807) is 127 Å². The Morgan fingerprint density at radius 3 is 1.51 bits per heavy atom. The minimum Gasteiger partial charge on any atom is -0.460 e. The summed E-state index contributed by atoms with van der Waals surface area (Å²) in [6.07, 6.45) is -8.89. The molecule has 0 spiro atoms. The van der Waals surface area contributed by atoms with Gasteiger partial charge in [-0.3, -0.25) is 5.32 Å². The van der Waals surface area contributed by atoms with Gasteiger partial charge >= 0.3 is 30.0 Å². The van der Waals surface area contributed by atoms with Crippen LogP contribution in [0.15, 0.2) is 194 Å². The van der Waals surface area contributed by atoms with Crippen molar-refractivity contribution >= 4 is 35.7 Å². The smallest absolute Gasteiger partial charge is 0.411 e. The quantitative estimate of drug-likeness (QED) is 0.0680. The Bertz CT molecular complexity index is 2880. The van der Waals surface area contributed by atoms with Gasteiger partial charge in [-0.25, -0.2) is 24.0 Å². The fourth-order valence-electron chi connectivity index (χ4n) is 7.88. The van der Waals surface area contributed by atoms with Crippen LogP contribution >= 0.6 is 0 Å². The van der Waals surface area contributed by atoms with Crippen LogP contribution < -0.4 is 10.1 Å². The lowest BCUT2D eigenvalue weighted by atomic mass is 9.94. The number of esters is 4. The number of carbonyl (C=O) groups is 5. The summed E-state index contributed by atoms with van der Waals surface area (Å²) >= 11 is 0. The molecule has 0 aromatic heterocycles. The Morgan fingerprint density at radius 1 is 0.521 bits per heavy atom. The summed E-state index contributed by atoms with van der Waals surface area (Å²) in [5.74, 6) is -3.11. The van der Waals surface area contributed by atoms with E-state index in [0.717, 1.165) is 23.1 Å². The van der Waals surface area contributed by atoms with E-state index >= 15 is 0 Å². The van der Waals surface area contributed by atoms with Crippen molar-refractivity contribution in [3.63, 3.8) is 0 Å². The van der Waals surface area contributed by atoms with Crippen molar-refractivity contribution in [3.8, 4) is 5.75 Å². The molecule has 1 heterocycles. The number of hydrogen-bond acceptors (Lipinski definition) is 12. The Morgan fingerprint density at radius 2 is 0.986 bits per heavy atom. The van der Waals surface area contributed by atoms with E-state index in [-0.39, 0.29) is 40.3 Å². The highest BCUT2D eigenvalue weighted by Crippen LogP contribution is 2.36. The number of benzene rings is 7. The summed E-state index contributed by atoms with van der Waals surface area (Å²) in [6.45, 7) is 3.62. The van der Waals surface area contributed by atoms with E-state index < -0.39 is 66.8 Å². The molecule has 1 aliphatic heterocycles. The predicted molar refractivity (Wildman–Crippen MR) is 263 cm³/mol. The van der Waals surface area contributed by atoms with E-state index in [2.05, 4.69) is 12.2 Å². The molecule has 7 aromatic carbocycles. The molecule has 1 amide bonds. The molecule has 6 atom stereocenters. The van der Waals surface area contributed by atoms with Crippen LogP contribution in [0.4, 0.5) is 10.5 Å². The van der Waals surface area contributed by atoms with Crippen LogP contribution in [0.3, 0.4) is 0 Å². The van der Waals surface area contributed by atoms with Gasteiger partial charge in [0, 0.05) is 18.2 Å². The predicted octanol–water partition coefficient (Wildman–Crippen LogP) is 10.6. The second-order valence-corrected chi connectivity index (χ2v) is 16.6. The monoisotopic (exact) mass is 953 g/mol. The molecule has 13 nitrogen and oxygen atoms in total. The van der Waals surface area contributed by atoms with Crippen LogP contribution in [0.5, 0.6) is 5.75 Å². The average molecular weight is 954 g/mol. The fourth-order valence-corrected chi connectivity index (χ4v) is 7.88. The van der Waals surface area contributed by atoms with Crippen molar-refractivity contribution in [1.82, 2.24) is 0 Å². The van der Waals surface area contributed by atoms with Crippen LogP contribution in [0.1, 0.15) is 77.5 Å². The maximum atomic E-state index is 14.3. The topological polar surface area (TPSA) is 162 Å². The van der Waals surface area contributed by atoms with E-state index in [9.17, 15) is 24.0 Å². The first-order valence-corrected chi connectivity index (χ1v) is 23.2. The van der Waals surface area contributed by atoms with Gasteiger partial charge in [-0.05, 0) is 90.2 Å². The Kier molecular flexibility index (Phi) is 16.3. The Hall–Kier alpha value is -8.55. The number of carbonyl (C=O) groups excluding carboxylic acids is 5. The first kappa shape index (κ1) is 48.9. The lowest BCUT2D eigenvalue weighted by Gasteiger charge is -2.45. The van der Waals surface area contributed by atoms with Gasteiger partial charge in [-0.2, -0.15) is 0 Å². The summed E-state index contributed by atoms with van der Waals surface area (Å²) in [4.78, 5) is 69.7. The number of amides is 1. The summed E-state index contributed by atoms with van der Waals surface area (Å²) in [5, 5.41) is 2.77. The first-order chi connectivity index (χ1) is 34.6. The molecule has 0 saturated carbocycles.